The number of rotatable bonds is 3. The number of hydrogen-bond acceptors (Lipinski definition) is 3. The Labute approximate surface area is 74.2 Å². The lowest BCUT2D eigenvalue weighted by atomic mass is 10.3. The highest BCUT2D eigenvalue weighted by Crippen LogP contribution is 1.95. The predicted molar refractivity (Wildman–Crippen MR) is 40.3 cm³/mol. The first-order chi connectivity index (χ1) is 5.00. The summed E-state index contributed by atoms with van der Waals surface area (Å²) >= 11 is 0. The van der Waals surface area contributed by atoms with E-state index in [2.05, 4.69) is 0 Å². The van der Waals surface area contributed by atoms with Crippen LogP contribution in [0.15, 0.2) is 0 Å². The number of carbonyl (C=O) groups excluding carboxylic acids is 1. The van der Waals surface area contributed by atoms with Gasteiger partial charge in [0.05, 0.1) is 0 Å². The Morgan fingerprint density at radius 3 is 1.92 bits per heavy atom. The van der Waals surface area contributed by atoms with Gasteiger partial charge in [-0.3, -0.25) is 4.79 Å². The van der Waals surface area contributed by atoms with Crippen molar-refractivity contribution < 1.29 is 24.6 Å². The first kappa shape index (κ1) is 13.3. The monoisotopic (exact) mass is 197 g/mol. The summed E-state index contributed by atoms with van der Waals surface area (Å²) in [4.78, 5) is 30.4. The van der Waals surface area contributed by atoms with Crippen molar-refractivity contribution in [1.29, 1.82) is 0 Å². The molecule has 7 heteroatoms. The maximum atomic E-state index is 10.1. The number of hydrogen-bond donors (Lipinski definition) is 2. The van der Waals surface area contributed by atoms with Gasteiger partial charge in [0.15, 0.2) is 0 Å². The van der Waals surface area contributed by atoms with Gasteiger partial charge in [-0.2, -0.15) is 0 Å². The highest BCUT2D eigenvalue weighted by molar-refractivity contribution is 5.86. The molecule has 0 aliphatic rings. The summed E-state index contributed by atoms with van der Waals surface area (Å²) in [7, 11) is 0. The van der Waals surface area contributed by atoms with Crippen molar-refractivity contribution >= 4 is 30.9 Å². The van der Waals surface area contributed by atoms with Gasteiger partial charge < -0.3 is 10.2 Å². The Balaban J connectivity index is 0. The highest BCUT2D eigenvalue weighted by atomic mass is 35.5. The van der Waals surface area contributed by atoms with Crippen LogP contribution in [0.3, 0.4) is 0 Å². The van der Waals surface area contributed by atoms with Crippen LogP contribution in [0.5, 0.6) is 0 Å². The molecule has 0 aliphatic carbocycles. The smallest absolute Gasteiger partial charge is 0.414 e. The molecule has 0 radical (unpaired) electrons. The molecular formula is C5H8ClNO5. The van der Waals surface area contributed by atoms with Crippen LogP contribution in [0.1, 0.15) is 6.92 Å². The molecule has 12 heavy (non-hydrogen) atoms. The molecule has 2 N–H and O–H groups in total. The van der Waals surface area contributed by atoms with Gasteiger partial charge in [0.1, 0.15) is 6.04 Å². The number of imide groups is 1. The van der Waals surface area contributed by atoms with Crippen LogP contribution in [0.25, 0.3) is 0 Å². The molecule has 0 heterocycles. The molecule has 2 amide bonds. The lowest BCUT2D eigenvalue weighted by Gasteiger charge is -2.14. The van der Waals surface area contributed by atoms with E-state index >= 15 is 0 Å². The second-order valence-corrected chi connectivity index (χ2v) is 1.81. The van der Waals surface area contributed by atoms with Gasteiger partial charge >= 0.3 is 12.1 Å². The van der Waals surface area contributed by atoms with Crippen molar-refractivity contribution in [1.82, 2.24) is 4.90 Å². The van der Waals surface area contributed by atoms with Crippen molar-refractivity contribution in [2.75, 3.05) is 0 Å². The molecule has 0 spiro atoms. The highest BCUT2D eigenvalue weighted by Gasteiger charge is 2.24. The molecule has 70 valence electrons. The number of amides is 2. The Morgan fingerprint density at radius 1 is 1.42 bits per heavy atom. The summed E-state index contributed by atoms with van der Waals surface area (Å²) in [6, 6.07) is -1.34. The molecule has 0 aromatic heterocycles. The van der Waals surface area contributed by atoms with Crippen molar-refractivity contribution in [3.05, 3.63) is 0 Å². The first-order valence-electron chi connectivity index (χ1n) is 2.70. The third kappa shape index (κ3) is 3.20. The van der Waals surface area contributed by atoms with E-state index in [1.165, 1.54) is 0 Å². The van der Waals surface area contributed by atoms with Crippen molar-refractivity contribution in [2.24, 2.45) is 0 Å². The van der Waals surface area contributed by atoms with E-state index in [1.807, 2.05) is 0 Å². The number of aliphatic carboxylic acids is 1. The van der Waals surface area contributed by atoms with Gasteiger partial charge in [-0.05, 0) is 6.92 Å². The number of nitrogens with zero attached hydrogens (tertiary/aromatic N) is 1. The molecular weight excluding hydrogens is 190 g/mol. The third-order valence-corrected chi connectivity index (χ3v) is 1.11. The van der Waals surface area contributed by atoms with Crippen LogP contribution < -0.4 is 0 Å². The molecule has 0 saturated heterocycles. The fraction of sp³-hybridized carbons (Fsp3) is 0.400. The van der Waals surface area contributed by atoms with E-state index in [4.69, 9.17) is 10.2 Å². The van der Waals surface area contributed by atoms with E-state index in [0.717, 1.165) is 6.92 Å². The summed E-state index contributed by atoms with van der Waals surface area (Å²) < 4.78 is 0. The molecule has 1 unspecified atom stereocenters. The van der Waals surface area contributed by atoms with Gasteiger partial charge in [-0.15, -0.1) is 12.4 Å². The van der Waals surface area contributed by atoms with Crippen LogP contribution in [0.2, 0.25) is 0 Å². The molecule has 0 aliphatic heterocycles. The number of halogens is 1. The molecule has 0 bridgehead atoms. The van der Waals surface area contributed by atoms with E-state index in [0.29, 0.717) is 0 Å². The number of carboxylic acid groups (broad SMARTS) is 2. The lowest BCUT2D eigenvalue weighted by Crippen LogP contribution is -2.41. The lowest BCUT2D eigenvalue weighted by molar-refractivity contribution is -0.144. The second-order valence-electron chi connectivity index (χ2n) is 1.81. The maximum Gasteiger partial charge on any atom is 0.414 e. The average molecular weight is 198 g/mol. The standard InChI is InChI=1S/C5H7NO5.ClH/c1-3(4(8)9)6(2-7)5(10)11;/h2-3H,1H3,(H,8,9)(H,10,11);1H. The normalized spacial score (nSPS) is 10.8. The topological polar surface area (TPSA) is 94.9 Å². The van der Waals surface area contributed by atoms with Gasteiger partial charge in [0, 0.05) is 0 Å². The molecule has 0 aromatic rings. The summed E-state index contributed by atoms with van der Waals surface area (Å²) in [6.07, 6.45) is -1.61. The van der Waals surface area contributed by atoms with E-state index in [9.17, 15) is 14.4 Å². The van der Waals surface area contributed by atoms with Gasteiger partial charge in [-0.25, -0.2) is 14.5 Å². The van der Waals surface area contributed by atoms with Gasteiger partial charge in [0.25, 0.3) is 0 Å². The van der Waals surface area contributed by atoms with Crippen LogP contribution in [0.4, 0.5) is 4.79 Å². The van der Waals surface area contributed by atoms with Crippen LogP contribution in [-0.2, 0) is 9.59 Å². The average Bonchev–Trinajstić information content (AvgIpc) is 1.88. The van der Waals surface area contributed by atoms with E-state index in [-0.39, 0.29) is 23.7 Å². The van der Waals surface area contributed by atoms with Crippen molar-refractivity contribution in [3.63, 3.8) is 0 Å². The molecule has 0 saturated carbocycles. The molecule has 0 fully saturated rings. The largest absolute Gasteiger partial charge is 0.480 e. The van der Waals surface area contributed by atoms with Crippen LogP contribution in [0, 0.1) is 0 Å². The summed E-state index contributed by atoms with van der Waals surface area (Å²) in [5, 5.41) is 16.5. The zero-order chi connectivity index (χ0) is 9.02. The van der Waals surface area contributed by atoms with Crippen molar-refractivity contribution in [3.8, 4) is 0 Å². The quantitative estimate of drug-likeness (QED) is 0.622. The van der Waals surface area contributed by atoms with E-state index < -0.39 is 18.1 Å². The minimum Gasteiger partial charge on any atom is -0.480 e. The van der Waals surface area contributed by atoms with Gasteiger partial charge in [-0.1, -0.05) is 0 Å². The van der Waals surface area contributed by atoms with E-state index in [1.54, 1.807) is 0 Å². The minimum atomic E-state index is -1.57. The van der Waals surface area contributed by atoms with Crippen LogP contribution >= 0.6 is 12.4 Å². The third-order valence-electron chi connectivity index (χ3n) is 1.11. The molecule has 0 rings (SSSR count). The SMILES string of the molecule is CC(C(=O)O)N(C=O)C(=O)O.Cl. The van der Waals surface area contributed by atoms with Gasteiger partial charge in [0.2, 0.25) is 6.41 Å². The van der Waals surface area contributed by atoms with Crippen molar-refractivity contribution in [2.45, 2.75) is 13.0 Å². The minimum absolute atomic E-state index is 0. The summed E-state index contributed by atoms with van der Waals surface area (Å²) in [5.41, 5.74) is 0. The fourth-order valence-corrected chi connectivity index (χ4v) is 0.421. The predicted octanol–water partition coefficient (Wildman–Crippen LogP) is 0.0177. The molecule has 6 nitrogen and oxygen atoms in total. The number of carbonyl (C=O) groups is 3. The fourth-order valence-electron chi connectivity index (χ4n) is 0.421. The zero-order valence-corrected chi connectivity index (χ0v) is 6.95. The first-order valence-corrected chi connectivity index (χ1v) is 2.70. The second kappa shape index (κ2) is 5.36. The Bertz CT molecular complexity index is 194. The zero-order valence-electron chi connectivity index (χ0n) is 6.13. The Kier molecular flexibility index (Phi) is 5.94. The molecule has 1 atom stereocenters. The summed E-state index contributed by atoms with van der Waals surface area (Å²) in [6.45, 7) is 1.10. The Hall–Kier alpha value is -1.30. The number of carboxylic acids is 1. The van der Waals surface area contributed by atoms with Crippen LogP contribution in [-0.4, -0.2) is 39.6 Å². The molecule has 0 aromatic carbocycles. The Morgan fingerprint density at radius 2 is 1.83 bits per heavy atom. The maximum absolute atomic E-state index is 10.1. The summed E-state index contributed by atoms with van der Waals surface area (Å²) in [5.74, 6) is -1.36.